The summed E-state index contributed by atoms with van der Waals surface area (Å²) in [5.74, 6) is -0.424. The number of primary sulfonamides is 1. The molecule has 0 aliphatic heterocycles. The smallest absolute Gasteiger partial charge is 0.312 e. The summed E-state index contributed by atoms with van der Waals surface area (Å²) in [4.78, 5) is 23.4. The van der Waals surface area contributed by atoms with Crippen molar-refractivity contribution in [2.24, 2.45) is 10.9 Å². The molecule has 2 aromatic rings. The first-order chi connectivity index (χ1) is 12.2. The molecule has 26 heavy (non-hydrogen) atoms. The number of anilines is 1. The minimum atomic E-state index is -3.81. The van der Waals surface area contributed by atoms with Gasteiger partial charge < -0.3 is 16.4 Å². The second-order valence-electron chi connectivity index (χ2n) is 5.40. The number of sulfonamides is 1. The topological polar surface area (TPSA) is 144 Å². The monoisotopic (exact) mass is 396 g/mol. The lowest BCUT2D eigenvalue weighted by Gasteiger charge is -2.19. The van der Waals surface area contributed by atoms with E-state index in [1.165, 1.54) is 24.3 Å². The molecule has 0 unspecified atom stereocenters. The third-order valence-electron chi connectivity index (χ3n) is 3.45. The summed E-state index contributed by atoms with van der Waals surface area (Å²) in [6.07, 6.45) is -0.121. The Hall–Kier alpha value is -2.62. The number of carbonyl (C=O) groups is 2. The van der Waals surface area contributed by atoms with E-state index in [1.54, 1.807) is 24.3 Å². The van der Waals surface area contributed by atoms with Gasteiger partial charge in [0.25, 0.3) is 0 Å². The number of urea groups is 1. The van der Waals surface area contributed by atoms with E-state index in [4.69, 9.17) is 22.5 Å². The lowest BCUT2D eigenvalue weighted by Crippen LogP contribution is -2.35. The van der Waals surface area contributed by atoms with Gasteiger partial charge in [0, 0.05) is 10.7 Å². The highest BCUT2D eigenvalue weighted by Crippen LogP contribution is 2.25. The summed E-state index contributed by atoms with van der Waals surface area (Å²) in [7, 11) is -3.81. The van der Waals surface area contributed by atoms with Crippen LogP contribution in [0.2, 0.25) is 5.02 Å². The zero-order valence-corrected chi connectivity index (χ0v) is 15.0. The Kier molecular flexibility index (Phi) is 6.19. The lowest BCUT2D eigenvalue weighted by molar-refractivity contribution is -0.116. The molecule has 6 N–H and O–H groups in total. The second-order valence-corrected chi connectivity index (χ2v) is 7.37. The minimum absolute atomic E-state index is 0.0696. The van der Waals surface area contributed by atoms with E-state index in [1.807, 2.05) is 0 Å². The maximum absolute atomic E-state index is 12.3. The molecule has 2 aromatic carbocycles. The third kappa shape index (κ3) is 5.45. The van der Waals surface area contributed by atoms with Gasteiger partial charge in [-0.3, -0.25) is 4.79 Å². The predicted octanol–water partition coefficient (Wildman–Crippen LogP) is 1.73. The minimum Gasteiger partial charge on any atom is -0.352 e. The first-order valence-electron chi connectivity index (χ1n) is 7.40. The van der Waals surface area contributed by atoms with Gasteiger partial charge in [-0.05, 0) is 35.9 Å². The highest BCUT2D eigenvalue weighted by atomic mass is 35.5. The Bertz CT molecular complexity index is 916. The van der Waals surface area contributed by atoms with Crippen molar-refractivity contribution in [2.75, 3.05) is 5.32 Å². The van der Waals surface area contributed by atoms with Gasteiger partial charge in [-0.1, -0.05) is 29.8 Å². The van der Waals surface area contributed by atoms with Crippen LogP contribution in [0.1, 0.15) is 18.0 Å². The molecular formula is C16H17ClN4O4S. The van der Waals surface area contributed by atoms with Crippen molar-refractivity contribution in [1.29, 1.82) is 0 Å². The molecule has 0 spiro atoms. The van der Waals surface area contributed by atoms with E-state index in [-0.39, 0.29) is 11.3 Å². The summed E-state index contributed by atoms with van der Waals surface area (Å²) in [5, 5.41) is 10.5. The zero-order chi connectivity index (χ0) is 19.3. The number of benzene rings is 2. The SMILES string of the molecule is NC(=O)N[C@H](CC(=O)Nc1ccc(S(N)(=O)=O)cc1)c1ccccc1Cl. The van der Waals surface area contributed by atoms with Crippen LogP contribution in [0.25, 0.3) is 0 Å². The predicted molar refractivity (Wildman–Crippen MR) is 98.0 cm³/mol. The van der Waals surface area contributed by atoms with Crippen LogP contribution in [0.15, 0.2) is 53.4 Å². The van der Waals surface area contributed by atoms with Gasteiger partial charge in [0.15, 0.2) is 0 Å². The van der Waals surface area contributed by atoms with Crippen molar-refractivity contribution in [3.8, 4) is 0 Å². The molecule has 138 valence electrons. The number of nitrogens with two attached hydrogens (primary N) is 2. The van der Waals surface area contributed by atoms with Gasteiger partial charge in [0.2, 0.25) is 15.9 Å². The van der Waals surface area contributed by atoms with Crippen LogP contribution >= 0.6 is 11.6 Å². The molecule has 0 radical (unpaired) electrons. The van der Waals surface area contributed by atoms with E-state index in [9.17, 15) is 18.0 Å². The molecule has 0 saturated carbocycles. The number of hydrogen-bond donors (Lipinski definition) is 4. The van der Waals surface area contributed by atoms with Gasteiger partial charge in [0.05, 0.1) is 17.4 Å². The Labute approximate surface area is 155 Å². The van der Waals surface area contributed by atoms with Crippen molar-refractivity contribution in [3.05, 3.63) is 59.1 Å². The molecule has 3 amide bonds. The van der Waals surface area contributed by atoms with Crippen LogP contribution in [-0.4, -0.2) is 20.4 Å². The number of nitrogens with one attached hydrogen (secondary N) is 2. The summed E-state index contributed by atoms with van der Waals surface area (Å²) in [6.45, 7) is 0. The van der Waals surface area contributed by atoms with Crippen molar-refractivity contribution >= 4 is 39.2 Å². The molecule has 0 aliphatic carbocycles. The van der Waals surface area contributed by atoms with Gasteiger partial charge in [-0.25, -0.2) is 18.4 Å². The lowest BCUT2D eigenvalue weighted by atomic mass is 10.0. The van der Waals surface area contributed by atoms with Crippen LogP contribution < -0.4 is 21.5 Å². The van der Waals surface area contributed by atoms with Crippen molar-refractivity contribution in [3.63, 3.8) is 0 Å². The molecule has 2 rings (SSSR count). The van der Waals surface area contributed by atoms with E-state index in [0.717, 1.165) is 0 Å². The summed E-state index contributed by atoms with van der Waals surface area (Å²) in [6, 6.07) is 10.6. The Balaban J connectivity index is 2.12. The fourth-order valence-corrected chi connectivity index (χ4v) is 3.08. The van der Waals surface area contributed by atoms with E-state index >= 15 is 0 Å². The number of amides is 3. The Morgan fingerprint density at radius 1 is 1.08 bits per heavy atom. The molecule has 1 atom stereocenters. The second kappa shape index (κ2) is 8.17. The van der Waals surface area contributed by atoms with E-state index in [0.29, 0.717) is 16.3 Å². The third-order valence-corrected chi connectivity index (χ3v) is 4.73. The van der Waals surface area contributed by atoms with Crippen LogP contribution in [0, 0.1) is 0 Å². The summed E-state index contributed by atoms with van der Waals surface area (Å²) >= 11 is 6.11. The van der Waals surface area contributed by atoms with Crippen LogP contribution in [0.5, 0.6) is 0 Å². The van der Waals surface area contributed by atoms with Gasteiger partial charge in [0.1, 0.15) is 0 Å². The molecule has 8 nitrogen and oxygen atoms in total. The van der Waals surface area contributed by atoms with Crippen LogP contribution in [0.4, 0.5) is 10.5 Å². The Morgan fingerprint density at radius 3 is 2.23 bits per heavy atom. The molecule has 0 bridgehead atoms. The molecule has 0 aromatic heterocycles. The van der Waals surface area contributed by atoms with Crippen molar-refractivity contribution in [2.45, 2.75) is 17.4 Å². The number of halogens is 1. The average molecular weight is 397 g/mol. The number of primary amides is 1. The number of hydrogen-bond acceptors (Lipinski definition) is 4. The average Bonchev–Trinajstić information content (AvgIpc) is 2.54. The highest BCUT2D eigenvalue weighted by Gasteiger charge is 2.20. The van der Waals surface area contributed by atoms with Gasteiger partial charge >= 0.3 is 6.03 Å². The fraction of sp³-hybridized carbons (Fsp3) is 0.125. The normalized spacial score (nSPS) is 12.2. The van der Waals surface area contributed by atoms with Crippen LogP contribution in [-0.2, 0) is 14.8 Å². The largest absolute Gasteiger partial charge is 0.352 e. The van der Waals surface area contributed by atoms with Crippen molar-refractivity contribution in [1.82, 2.24) is 5.32 Å². The maximum Gasteiger partial charge on any atom is 0.312 e. The van der Waals surface area contributed by atoms with Gasteiger partial charge in [-0.2, -0.15) is 0 Å². The summed E-state index contributed by atoms with van der Waals surface area (Å²) in [5.41, 5.74) is 6.10. The maximum atomic E-state index is 12.3. The van der Waals surface area contributed by atoms with Crippen molar-refractivity contribution < 1.29 is 18.0 Å². The molecular weight excluding hydrogens is 380 g/mol. The molecule has 0 aliphatic rings. The number of carbonyl (C=O) groups excluding carboxylic acids is 2. The highest BCUT2D eigenvalue weighted by molar-refractivity contribution is 7.89. The molecule has 10 heteroatoms. The zero-order valence-electron chi connectivity index (χ0n) is 13.5. The fourth-order valence-electron chi connectivity index (χ4n) is 2.29. The quantitative estimate of drug-likeness (QED) is 0.589. The first kappa shape index (κ1) is 19.7. The standard InChI is InChI=1S/C16H17ClN4O4S/c17-13-4-2-1-3-12(13)14(21-16(18)23)9-15(22)20-10-5-7-11(8-6-10)26(19,24)25/h1-8,14H,9H2,(H,20,22)(H3,18,21,23)(H2,19,24,25)/t14-/m1/s1. The first-order valence-corrected chi connectivity index (χ1v) is 9.32. The molecule has 0 fully saturated rings. The number of rotatable bonds is 6. The molecule has 0 heterocycles. The van der Waals surface area contributed by atoms with E-state index in [2.05, 4.69) is 10.6 Å². The Morgan fingerprint density at radius 2 is 1.69 bits per heavy atom. The van der Waals surface area contributed by atoms with Crippen LogP contribution in [0.3, 0.4) is 0 Å². The van der Waals surface area contributed by atoms with Gasteiger partial charge in [-0.15, -0.1) is 0 Å². The summed E-state index contributed by atoms with van der Waals surface area (Å²) < 4.78 is 22.5. The van der Waals surface area contributed by atoms with E-state index < -0.39 is 28.0 Å². The molecule has 0 saturated heterocycles.